The molecule has 3 rings (SSSR count). The van der Waals surface area contributed by atoms with Gasteiger partial charge in [0.25, 0.3) is 5.91 Å². The minimum Gasteiger partial charge on any atom is -0.370 e. The smallest absolute Gasteiger partial charge is 0.254 e. The zero-order chi connectivity index (χ0) is 16.2. The summed E-state index contributed by atoms with van der Waals surface area (Å²) in [5, 5.41) is 0. The van der Waals surface area contributed by atoms with Crippen molar-refractivity contribution in [3.63, 3.8) is 0 Å². The number of nitrogens with two attached hydrogens (primary N) is 1. The van der Waals surface area contributed by atoms with E-state index in [9.17, 15) is 9.18 Å². The van der Waals surface area contributed by atoms with E-state index in [-0.39, 0.29) is 30.2 Å². The highest BCUT2D eigenvalue weighted by atomic mass is 35.5. The van der Waals surface area contributed by atoms with Crippen molar-refractivity contribution in [1.82, 2.24) is 4.90 Å². The molecule has 0 saturated carbocycles. The Morgan fingerprint density at radius 1 is 1.17 bits per heavy atom. The van der Waals surface area contributed by atoms with Gasteiger partial charge in [-0.15, -0.1) is 12.4 Å². The maximum absolute atomic E-state index is 13.0. The summed E-state index contributed by atoms with van der Waals surface area (Å²) < 4.78 is 18.8. The second-order valence-corrected chi connectivity index (χ2v) is 5.56. The van der Waals surface area contributed by atoms with Crippen LogP contribution >= 0.6 is 12.4 Å². The number of rotatable bonds is 3. The largest absolute Gasteiger partial charge is 0.370 e. The van der Waals surface area contributed by atoms with E-state index in [0.717, 1.165) is 11.1 Å². The fourth-order valence-corrected chi connectivity index (χ4v) is 2.68. The van der Waals surface area contributed by atoms with E-state index in [1.54, 1.807) is 29.2 Å². The topological polar surface area (TPSA) is 55.6 Å². The third-order valence-electron chi connectivity index (χ3n) is 4.03. The second kappa shape index (κ2) is 8.24. The van der Waals surface area contributed by atoms with Crippen LogP contribution in [0.25, 0.3) is 0 Å². The van der Waals surface area contributed by atoms with Crippen LogP contribution in [0.15, 0.2) is 48.5 Å². The van der Waals surface area contributed by atoms with E-state index in [4.69, 9.17) is 10.5 Å². The molecule has 0 bridgehead atoms. The summed E-state index contributed by atoms with van der Waals surface area (Å²) in [4.78, 5) is 14.4. The predicted octanol–water partition coefficient (Wildman–Crippen LogP) is 2.92. The molecule has 1 aliphatic rings. The van der Waals surface area contributed by atoms with Crippen LogP contribution in [0.4, 0.5) is 4.39 Å². The van der Waals surface area contributed by atoms with Crippen molar-refractivity contribution in [1.29, 1.82) is 0 Å². The van der Waals surface area contributed by atoms with Gasteiger partial charge in [0, 0.05) is 18.7 Å². The van der Waals surface area contributed by atoms with Crippen molar-refractivity contribution in [2.24, 2.45) is 5.73 Å². The number of carbonyl (C=O) groups is 1. The molecule has 2 N–H and O–H groups in total. The molecule has 0 aromatic heterocycles. The molecule has 1 heterocycles. The number of hydrogen-bond donors (Lipinski definition) is 1. The van der Waals surface area contributed by atoms with Crippen molar-refractivity contribution < 1.29 is 13.9 Å². The summed E-state index contributed by atoms with van der Waals surface area (Å²) in [6.45, 7) is 1.94. The monoisotopic (exact) mass is 350 g/mol. The average Bonchev–Trinajstić information content (AvgIpc) is 2.62. The standard InChI is InChI=1S/C18H19FN2O2.ClH/c19-16-7-5-14(6-8-16)17-12-21(9-10-23-17)18(22)15-3-1-13(11-20)2-4-15;/h1-8,17H,9-12,20H2;1H. The lowest BCUT2D eigenvalue weighted by molar-refractivity contribution is -0.0228. The van der Waals surface area contributed by atoms with Crippen LogP contribution in [0.1, 0.15) is 27.6 Å². The quantitative estimate of drug-likeness (QED) is 0.926. The Morgan fingerprint density at radius 2 is 1.83 bits per heavy atom. The molecule has 128 valence electrons. The first kappa shape index (κ1) is 18.4. The zero-order valence-corrected chi connectivity index (χ0v) is 14.0. The first-order valence-electron chi connectivity index (χ1n) is 7.63. The minimum atomic E-state index is -0.280. The van der Waals surface area contributed by atoms with Crippen LogP contribution in [0.3, 0.4) is 0 Å². The lowest BCUT2D eigenvalue weighted by Gasteiger charge is -2.33. The van der Waals surface area contributed by atoms with Crippen LogP contribution in [0, 0.1) is 5.82 Å². The Balaban J connectivity index is 0.00000208. The number of morpholine rings is 1. The van der Waals surface area contributed by atoms with Gasteiger partial charge in [-0.3, -0.25) is 4.79 Å². The van der Waals surface area contributed by atoms with Crippen molar-refractivity contribution in [2.75, 3.05) is 19.7 Å². The van der Waals surface area contributed by atoms with Gasteiger partial charge in [-0.25, -0.2) is 4.39 Å². The summed E-state index contributed by atoms with van der Waals surface area (Å²) in [7, 11) is 0. The maximum atomic E-state index is 13.0. The summed E-state index contributed by atoms with van der Waals surface area (Å²) in [5.41, 5.74) is 8.08. The predicted molar refractivity (Wildman–Crippen MR) is 92.6 cm³/mol. The third kappa shape index (κ3) is 4.12. The van der Waals surface area contributed by atoms with Crippen molar-refractivity contribution in [2.45, 2.75) is 12.6 Å². The van der Waals surface area contributed by atoms with Gasteiger partial charge in [-0.1, -0.05) is 24.3 Å². The number of ether oxygens (including phenoxy) is 1. The highest BCUT2D eigenvalue weighted by molar-refractivity contribution is 5.94. The van der Waals surface area contributed by atoms with Crippen LogP contribution in [-0.4, -0.2) is 30.5 Å². The Morgan fingerprint density at radius 3 is 2.46 bits per heavy atom. The van der Waals surface area contributed by atoms with Crippen molar-refractivity contribution in [3.8, 4) is 0 Å². The fourth-order valence-electron chi connectivity index (χ4n) is 2.68. The number of benzene rings is 2. The molecule has 4 nitrogen and oxygen atoms in total. The molecule has 0 spiro atoms. The first-order valence-corrected chi connectivity index (χ1v) is 7.63. The van der Waals surface area contributed by atoms with Crippen molar-refractivity contribution in [3.05, 3.63) is 71.0 Å². The molecule has 2 aromatic rings. The van der Waals surface area contributed by atoms with E-state index < -0.39 is 0 Å². The molecule has 0 radical (unpaired) electrons. The Kier molecular flexibility index (Phi) is 6.31. The number of hydrogen-bond acceptors (Lipinski definition) is 3. The van der Waals surface area contributed by atoms with Crippen LogP contribution < -0.4 is 5.73 Å². The molecule has 1 aliphatic heterocycles. The molecular formula is C18H20ClFN2O2. The first-order chi connectivity index (χ1) is 11.2. The SMILES string of the molecule is Cl.NCc1ccc(C(=O)N2CCOC(c3ccc(F)cc3)C2)cc1. The number of halogens is 2. The lowest BCUT2D eigenvalue weighted by atomic mass is 10.1. The average molecular weight is 351 g/mol. The summed E-state index contributed by atoms with van der Waals surface area (Å²) in [6.07, 6.45) is -0.225. The molecule has 1 atom stereocenters. The lowest BCUT2D eigenvalue weighted by Crippen LogP contribution is -2.42. The van der Waals surface area contributed by atoms with Crippen LogP contribution in [0.2, 0.25) is 0 Å². The molecule has 2 aromatic carbocycles. The fraction of sp³-hybridized carbons (Fsp3) is 0.278. The molecule has 0 aliphatic carbocycles. The molecule has 1 fully saturated rings. The van der Waals surface area contributed by atoms with Gasteiger partial charge in [0.15, 0.2) is 0 Å². The molecular weight excluding hydrogens is 331 g/mol. The molecule has 1 amide bonds. The van der Waals surface area contributed by atoms with Gasteiger partial charge in [0.1, 0.15) is 11.9 Å². The highest BCUT2D eigenvalue weighted by Gasteiger charge is 2.26. The summed E-state index contributed by atoms with van der Waals surface area (Å²) >= 11 is 0. The second-order valence-electron chi connectivity index (χ2n) is 5.56. The number of amides is 1. The number of carbonyl (C=O) groups excluding carboxylic acids is 1. The van der Waals surface area contributed by atoms with Gasteiger partial charge in [-0.05, 0) is 35.4 Å². The Labute approximate surface area is 146 Å². The zero-order valence-electron chi connectivity index (χ0n) is 13.2. The van der Waals surface area contributed by atoms with E-state index in [1.165, 1.54) is 12.1 Å². The molecule has 1 unspecified atom stereocenters. The van der Waals surface area contributed by atoms with Gasteiger partial charge in [-0.2, -0.15) is 0 Å². The summed E-state index contributed by atoms with van der Waals surface area (Å²) in [5.74, 6) is -0.304. The van der Waals surface area contributed by atoms with Crippen LogP contribution in [-0.2, 0) is 11.3 Å². The van der Waals surface area contributed by atoms with E-state index in [0.29, 0.717) is 31.8 Å². The van der Waals surface area contributed by atoms with E-state index >= 15 is 0 Å². The maximum Gasteiger partial charge on any atom is 0.254 e. The van der Waals surface area contributed by atoms with Gasteiger partial charge in [0.05, 0.1) is 13.2 Å². The van der Waals surface area contributed by atoms with Gasteiger partial charge >= 0.3 is 0 Å². The molecule has 24 heavy (non-hydrogen) atoms. The van der Waals surface area contributed by atoms with Crippen molar-refractivity contribution >= 4 is 18.3 Å². The van der Waals surface area contributed by atoms with E-state index in [1.807, 2.05) is 12.1 Å². The highest BCUT2D eigenvalue weighted by Crippen LogP contribution is 2.23. The molecule has 1 saturated heterocycles. The van der Waals surface area contributed by atoms with E-state index in [2.05, 4.69) is 0 Å². The summed E-state index contributed by atoms with van der Waals surface area (Å²) in [6, 6.07) is 13.5. The molecule has 6 heteroatoms. The Bertz CT molecular complexity index is 676. The van der Waals surface area contributed by atoms with Gasteiger partial charge in [0.2, 0.25) is 0 Å². The minimum absolute atomic E-state index is 0. The Hall–Kier alpha value is -1.95. The third-order valence-corrected chi connectivity index (χ3v) is 4.03. The number of nitrogens with zero attached hydrogens (tertiary/aromatic N) is 1. The normalized spacial score (nSPS) is 17.2. The van der Waals surface area contributed by atoms with Crippen LogP contribution in [0.5, 0.6) is 0 Å². The van der Waals surface area contributed by atoms with Gasteiger partial charge < -0.3 is 15.4 Å².